The molecule has 8 rings (SSSR count). The lowest BCUT2D eigenvalue weighted by atomic mass is 9.99. The summed E-state index contributed by atoms with van der Waals surface area (Å²) in [7, 11) is 0. The zero-order valence-electron chi connectivity index (χ0n) is 21.7. The fourth-order valence-corrected chi connectivity index (χ4v) is 6.84. The number of aromatic nitrogens is 1. The maximum atomic E-state index is 5.28. The predicted octanol–water partition coefficient (Wildman–Crippen LogP) is 10.9. The minimum absolute atomic E-state index is 0.909. The number of nitrogens with zero attached hydrogens (tertiary/aromatic N) is 2. The summed E-state index contributed by atoms with van der Waals surface area (Å²) in [6.45, 7) is 0. The van der Waals surface area contributed by atoms with E-state index in [4.69, 9.17) is 4.98 Å². The molecule has 0 aliphatic rings. The molecule has 2 nitrogen and oxygen atoms in total. The first-order chi connectivity index (χ1) is 19.8. The summed E-state index contributed by atoms with van der Waals surface area (Å²) in [5.41, 5.74) is 4.60. The predicted molar refractivity (Wildman–Crippen MR) is 172 cm³/mol. The number of rotatable bonds is 4. The highest BCUT2D eigenvalue weighted by molar-refractivity contribution is 7.25. The van der Waals surface area contributed by atoms with E-state index in [2.05, 4.69) is 150 Å². The van der Waals surface area contributed by atoms with Crippen molar-refractivity contribution in [1.29, 1.82) is 0 Å². The van der Waals surface area contributed by atoms with Crippen LogP contribution >= 0.6 is 11.3 Å². The van der Waals surface area contributed by atoms with Crippen LogP contribution in [-0.2, 0) is 0 Å². The number of hydrogen-bond donors (Lipinski definition) is 0. The highest BCUT2D eigenvalue weighted by Crippen LogP contribution is 2.43. The molecule has 0 bridgehead atoms. The van der Waals surface area contributed by atoms with E-state index in [9.17, 15) is 0 Å². The van der Waals surface area contributed by atoms with E-state index in [1.54, 1.807) is 11.3 Å². The Kier molecular flexibility index (Phi) is 5.35. The summed E-state index contributed by atoms with van der Waals surface area (Å²) < 4.78 is 1.26. The van der Waals surface area contributed by atoms with Crippen molar-refractivity contribution in [2.24, 2.45) is 0 Å². The van der Waals surface area contributed by atoms with Crippen LogP contribution in [0.5, 0.6) is 0 Å². The number of anilines is 3. The normalized spacial score (nSPS) is 11.5. The van der Waals surface area contributed by atoms with Crippen molar-refractivity contribution in [2.75, 3.05) is 4.90 Å². The van der Waals surface area contributed by atoms with E-state index in [1.165, 1.54) is 48.1 Å². The SMILES string of the molecule is c1ccc(-c2ccc(N(c3ccc4c(n3)sc3ccccc34)c3cc4ccccc4c4ccccc34)cc2)cc1. The average molecular weight is 529 g/mol. The molecule has 0 atom stereocenters. The Labute approximate surface area is 236 Å². The Morgan fingerprint density at radius 1 is 0.475 bits per heavy atom. The summed E-state index contributed by atoms with van der Waals surface area (Å²) in [6.07, 6.45) is 0. The van der Waals surface area contributed by atoms with Crippen molar-refractivity contribution < 1.29 is 0 Å². The number of thiophene rings is 1. The molecule has 6 aromatic carbocycles. The van der Waals surface area contributed by atoms with E-state index in [1.807, 2.05) is 0 Å². The summed E-state index contributed by atoms with van der Waals surface area (Å²) in [6, 6.07) is 52.0. The number of pyridine rings is 1. The second-order valence-electron chi connectivity index (χ2n) is 10.0. The second-order valence-corrected chi connectivity index (χ2v) is 11.1. The number of fused-ring (bicyclic) bond motifs is 6. The molecule has 0 aliphatic carbocycles. The fourth-order valence-electron chi connectivity index (χ4n) is 5.77. The minimum atomic E-state index is 0.909. The van der Waals surface area contributed by atoms with Crippen LogP contribution in [0.3, 0.4) is 0 Å². The Bertz CT molecular complexity index is 2160. The molecule has 40 heavy (non-hydrogen) atoms. The highest BCUT2D eigenvalue weighted by Gasteiger charge is 2.19. The molecular formula is C37H24N2S. The van der Waals surface area contributed by atoms with Crippen molar-refractivity contribution in [3.8, 4) is 11.1 Å². The number of benzene rings is 6. The molecule has 0 aliphatic heterocycles. The van der Waals surface area contributed by atoms with Crippen molar-refractivity contribution in [1.82, 2.24) is 4.98 Å². The summed E-state index contributed by atoms with van der Waals surface area (Å²) in [5.74, 6) is 0.909. The van der Waals surface area contributed by atoms with Gasteiger partial charge in [-0.2, -0.15) is 0 Å². The van der Waals surface area contributed by atoms with Crippen molar-refractivity contribution >= 4 is 70.4 Å². The van der Waals surface area contributed by atoms with Crippen molar-refractivity contribution in [3.05, 3.63) is 146 Å². The molecule has 0 N–H and O–H groups in total. The van der Waals surface area contributed by atoms with Crippen LogP contribution in [0.1, 0.15) is 0 Å². The summed E-state index contributed by atoms with van der Waals surface area (Å²) in [4.78, 5) is 8.64. The van der Waals surface area contributed by atoms with Gasteiger partial charge < -0.3 is 0 Å². The molecule has 8 aromatic rings. The molecule has 0 spiro atoms. The zero-order valence-corrected chi connectivity index (χ0v) is 22.5. The van der Waals surface area contributed by atoms with Gasteiger partial charge in [-0.25, -0.2) is 4.98 Å². The van der Waals surface area contributed by atoms with Crippen LogP contribution in [-0.4, -0.2) is 4.98 Å². The van der Waals surface area contributed by atoms with E-state index in [-0.39, 0.29) is 0 Å². The van der Waals surface area contributed by atoms with E-state index in [0.29, 0.717) is 0 Å². The third-order valence-electron chi connectivity index (χ3n) is 7.68. The molecule has 188 valence electrons. The maximum Gasteiger partial charge on any atom is 0.139 e. The Hall–Kier alpha value is -4.99. The van der Waals surface area contributed by atoms with Gasteiger partial charge in [0, 0.05) is 26.5 Å². The second kappa shape index (κ2) is 9.33. The third kappa shape index (κ3) is 3.75. The Morgan fingerprint density at radius 2 is 1.12 bits per heavy atom. The Balaban J connectivity index is 1.38. The molecular weight excluding hydrogens is 504 g/mol. The highest BCUT2D eigenvalue weighted by atomic mass is 32.1. The zero-order chi connectivity index (χ0) is 26.5. The first kappa shape index (κ1) is 22.9. The lowest BCUT2D eigenvalue weighted by Crippen LogP contribution is -2.12. The molecule has 2 heterocycles. The van der Waals surface area contributed by atoms with Crippen LogP contribution in [0.4, 0.5) is 17.2 Å². The molecule has 3 heteroatoms. The van der Waals surface area contributed by atoms with Gasteiger partial charge in [0.1, 0.15) is 10.6 Å². The molecule has 0 unspecified atom stereocenters. The monoisotopic (exact) mass is 528 g/mol. The summed E-state index contributed by atoms with van der Waals surface area (Å²) in [5, 5.41) is 7.37. The molecule has 2 aromatic heterocycles. The minimum Gasteiger partial charge on any atom is -0.294 e. The van der Waals surface area contributed by atoms with Gasteiger partial charge in [0.05, 0.1) is 5.69 Å². The molecule has 0 radical (unpaired) electrons. The maximum absolute atomic E-state index is 5.28. The van der Waals surface area contributed by atoms with E-state index < -0.39 is 0 Å². The molecule has 0 amide bonds. The first-order valence-corrected chi connectivity index (χ1v) is 14.3. The van der Waals surface area contributed by atoms with Crippen LogP contribution in [0.15, 0.2) is 146 Å². The van der Waals surface area contributed by atoms with Crippen LogP contribution in [0.25, 0.3) is 53.0 Å². The summed E-state index contributed by atoms with van der Waals surface area (Å²) >= 11 is 1.75. The topological polar surface area (TPSA) is 16.1 Å². The van der Waals surface area contributed by atoms with Gasteiger partial charge in [-0.15, -0.1) is 11.3 Å². The standard InChI is InChI=1S/C37H24N2S/c1-2-10-25(11-3-1)26-18-20-28(21-19-26)39(36-23-22-33-32-16-8-9-17-35(32)40-37(33)38-36)34-24-27-12-4-5-13-29(27)30-14-6-7-15-31(30)34/h1-24H. The van der Waals surface area contributed by atoms with Crippen molar-refractivity contribution in [2.45, 2.75) is 0 Å². The van der Waals surface area contributed by atoms with Crippen LogP contribution < -0.4 is 4.90 Å². The Morgan fingerprint density at radius 3 is 1.95 bits per heavy atom. The average Bonchev–Trinajstić information content (AvgIpc) is 3.40. The van der Waals surface area contributed by atoms with Gasteiger partial charge in [0.2, 0.25) is 0 Å². The van der Waals surface area contributed by atoms with Crippen molar-refractivity contribution in [3.63, 3.8) is 0 Å². The quantitative estimate of drug-likeness (QED) is 0.211. The smallest absolute Gasteiger partial charge is 0.139 e. The van der Waals surface area contributed by atoms with Crippen LogP contribution in [0, 0.1) is 0 Å². The molecule has 0 saturated heterocycles. The van der Waals surface area contributed by atoms with Gasteiger partial charge in [-0.3, -0.25) is 4.90 Å². The van der Waals surface area contributed by atoms with Gasteiger partial charge in [-0.1, -0.05) is 109 Å². The largest absolute Gasteiger partial charge is 0.294 e. The number of hydrogen-bond acceptors (Lipinski definition) is 3. The van der Waals surface area contributed by atoms with Gasteiger partial charge >= 0.3 is 0 Å². The third-order valence-corrected chi connectivity index (χ3v) is 8.76. The van der Waals surface area contributed by atoms with Gasteiger partial charge in [0.25, 0.3) is 0 Å². The van der Waals surface area contributed by atoms with Gasteiger partial charge in [-0.05, 0) is 63.7 Å². The lowest BCUT2D eigenvalue weighted by molar-refractivity contribution is 1.22. The molecule has 0 saturated carbocycles. The molecule has 0 fully saturated rings. The lowest BCUT2D eigenvalue weighted by Gasteiger charge is -2.26. The van der Waals surface area contributed by atoms with E-state index in [0.717, 1.165) is 22.0 Å². The first-order valence-electron chi connectivity index (χ1n) is 13.5. The van der Waals surface area contributed by atoms with E-state index >= 15 is 0 Å². The fraction of sp³-hybridized carbons (Fsp3) is 0. The van der Waals surface area contributed by atoms with Gasteiger partial charge in [0.15, 0.2) is 0 Å². The van der Waals surface area contributed by atoms with Crippen LogP contribution in [0.2, 0.25) is 0 Å².